The van der Waals surface area contributed by atoms with Crippen molar-refractivity contribution in [1.29, 1.82) is 0 Å². The molecule has 0 aliphatic carbocycles. The Kier molecular flexibility index (Phi) is 5.20. The molecule has 0 radical (unpaired) electrons. The molecule has 0 spiro atoms. The Bertz CT molecular complexity index is 811. The smallest absolute Gasteiger partial charge is 0.227 e. The zero-order valence-corrected chi connectivity index (χ0v) is 15.5. The summed E-state index contributed by atoms with van der Waals surface area (Å²) in [6.07, 6.45) is 6.55. The number of carbonyl (C=O) groups is 1. The van der Waals surface area contributed by atoms with Gasteiger partial charge in [0.25, 0.3) is 0 Å². The molecular formula is C20H26N6O. The molecule has 0 saturated carbocycles. The first-order chi connectivity index (χ1) is 13.2. The van der Waals surface area contributed by atoms with E-state index in [-0.39, 0.29) is 11.9 Å². The maximum absolute atomic E-state index is 12.2. The summed E-state index contributed by atoms with van der Waals surface area (Å²) in [7, 11) is 0. The van der Waals surface area contributed by atoms with Gasteiger partial charge < -0.3 is 20.9 Å². The van der Waals surface area contributed by atoms with Gasteiger partial charge in [-0.1, -0.05) is 6.07 Å². The first-order valence-electron chi connectivity index (χ1n) is 9.70. The highest BCUT2D eigenvalue weighted by Gasteiger charge is 2.20. The van der Waals surface area contributed by atoms with Gasteiger partial charge in [-0.05, 0) is 49.9 Å². The molecule has 2 aliphatic rings. The predicted octanol–water partition coefficient (Wildman–Crippen LogP) is 2.66. The fourth-order valence-electron chi connectivity index (χ4n) is 3.74. The van der Waals surface area contributed by atoms with Gasteiger partial charge in [0, 0.05) is 49.7 Å². The van der Waals surface area contributed by atoms with Crippen LogP contribution >= 0.6 is 0 Å². The van der Waals surface area contributed by atoms with Gasteiger partial charge in [0.05, 0.1) is 0 Å². The van der Waals surface area contributed by atoms with E-state index in [0.29, 0.717) is 12.4 Å². The van der Waals surface area contributed by atoms with Crippen LogP contribution in [0, 0.1) is 0 Å². The van der Waals surface area contributed by atoms with Gasteiger partial charge in [-0.25, -0.2) is 4.98 Å². The highest BCUT2D eigenvalue weighted by atomic mass is 16.2. The molecule has 142 valence electrons. The molecule has 27 heavy (non-hydrogen) atoms. The summed E-state index contributed by atoms with van der Waals surface area (Å²) < 4.78 is 0. The number of aromatic nitrogens is 2. The first-order valence-corrected chi connectivity index (χ1v) is 9.70. The third-order valence-corrected chi connectivity index (χ3v) is 5.14. The van der Waals surface area contributed by atoms with E-state index in [0.717, 1.165) is 62.5 Å². The van der Waals surface area contributed by atoms with Crippen molar-refractivity contribution in [1.82, 2.24) is 9.97 Å². The number of nitrogens with zero attached hydrogens (tertiary/aromatic N) is 4. The molecule has 2 aliphatic heterocycles. The van der Waals surface area contributed by atoms with Crippen LogP contribution in [0.1, 0.15) is 32.1 Å². The van der Waals surface area contributed by atoms with E-state index < -0.39 is 0 Å². The number of carbonyl (C=O) groups excluding carboxylic acids is 1. The van der Waals surface area contributed by atoms with Crippen LogP contribution in [0.2, 0.25) is 0 Å². The Balaban J connectivity index is 1.50. The maximum atomic E-state index is 12.2. The van der Waals surface area contributed by atoms with Crippen molar-refractivity contribution in [3.05, 3.63) is 36.5 Å². The molecule has 0 bridgehead atoms. The van der Waals surface area contributed by atoms with Crippen molar-refractivity contribution >= 4 is 29.0 Å². The molecule has 7 nitrogen and oxygen atoms in total. The summed E-state index contributed by atoms with van der Waals surface area (Å²) in [4.78, 5) is 25.2. The van der Waals surface area contributed by atoms with Crippen LogP contribution < -0.4 is 20.9 Å². The second kappa shape index (κ2) is 7.92. The van der Waals surface area contributed by atoms with Crippen LogP contribution in [0.4, 0.5) is 23.1 Å². The number of nitrogens with two attached hydrogens (primary N) is 1. The largest absolute Gasteiger partial charge is 0.340 e. The molecule has 2 saturated heterocycles. The molecule has 1 unspecified atom stereocenters. The fraction of sp³-hybridized carbons (Fsp3) is 0.450. The van der Waals surface area contributed by atoms with Gasteiger partial charge in [0.15, 0.2) is 0 Å². The molecule has 4 rings (SSSR count). The third-order valence-electron chi connectivity index (χ3n) is 5.14. The number of amides is 1. The summed E-state index contributed by atoms with van der Waals surface area (Å²) in [6, 6.07) is 9.96. The number of nitrogens with one attached hydrogen (secondary N) is 1. The van der Waals surface area contributed by atoms with Crippen molar-refractivity contribution < 1.29 is 4.79 Å². The minimum Gasteiger partial charge on any atom is -0.340 e. The Hall–Kier alpha value is -2.67. The van der Waals surface area contributed by atoms with Crippen LogP contribution in [0.15, 0.2) is 36.5 Å². The van der Waals surface area contributed by atoms with E-state index in [1.807, 2.05) is 35.2 Å². The van der Waals surface area contributed by atoms with Crippen molar-refractivity contribution in [2.24, 2.45) is 5.73 Å². The van der Waals surface area contributed by atoms with E-state index >= 15 is 0 Å². The van der Waals surface area contributed by atoms with Crippen LogP contribution in [0.25, 0.3) is 0 Å². The zero-order chi connectivity index (χ0) is 18.6. The average molecular weight is 366 g/mol. The van der Waals surface area contributed by atoms with Crippen LogP contribution in [0.5, 0.6) is 0 Å². The molecule has 3 N–H and O–H groups in total. The summed E-state index contributed by atoms with van der Waals surface area (Å²) in [5.74, 6) is 1.64. The zero-order valence-electron chi connectivity index (χ0n) is 15.5. The Morgan fingerprint density at radius 3 is 2.93 bits per heavy atom. The van der Waals surface area contributed by atoms with E-state index in [9.17, 15) is 4.79 Å². The van der Waals surface area contributed by atoms with E-state index in [1.54, 1.807) is 6.20 Å². The predicted molar refractivity (Wildman–Crippen MR) is 107 cm³/mol. The third kappa shape index (κ3) is 4.19. The first kappa shape index (κ1) is 17.7. The van der Waals surface area contributed by atoms with E-state index in [2.05, 4.69) is 20.2 Å². The van der Waals surface area contributed by atoms with Gasteiger partial charge >= 0.3 is 0 Å². The molecule has 1 amide bonds. The molecule has 1 aromatic heterocycles. The molecule has 1 atom stereocenters. The standard InChI is InChI=1S/C20H26N6O/c21-15-5-4-11-25(14-15)20-22-10-9-18(24-20)23-16-6-3-7-17(13-16)26-12-2-1-8-19(26)27/h3,6-7,9-10,13,15H,1-2,4-5,8,11-12,14,21H2,(H,22,23,24). The Labute approximate surface area is 159 Å². The topological polar surface area (TPSA) is 87.4 Å². The summed E-state index contributed by atoms with van der Waals surface area (Å²) >= 11 is 0. The maximum Gasteiger partial charge on any atom is 0.227 e. The van der Waals surface area contributed by atoms with Gasteiger partial charge in [0.1, 0.15) is 5.82 Å². The summed E-state index contributed by atoms with van der Waals surface area (Å²) in [6.45, 7) is 2.51. The number of hydrogen-bond donors (Lipinski definition) is 2. The Morgan fingerprint density at radius 1 is 1.15 bits per heavy atom. The minimum absolute atomic E-state index is 0.178. The molecular weight excluding hydrogens is 340 g/mol. The van der Waals surface area contributed by atoms with Crippen molar-refractivity contribution in [2.45, 2.75) is 38.1 Å². The SMILES string of the molecule is NC1CCCN(c2nccc(Nc3cccc(N4CCCCC4=O)c3)n2)C1. The molecule has 2 fully saturated rings. The van der Waals surface area contributed by atoms with Crippen LogP contribution in [-0.2, 0) is 4.79 Å². The number of benzene rings is 1. The quantitative estimate of drug-likeness (QED) is 0.865. The average Bonchev–Trinajstić information content (AvgIpc) is 2.69. The second-order valence-corrected chi connectivity index (χ2v) is 7.27. The highest BCUT2D eigenvalue weighted by Crippen LogP contribution is 2.26. The number of anilines is 4. The number of hydrogen-bond acceptors (Lipinski definition) is 6. The molecule has 7 heteroatoms. The summed E-state index contributed by atoms with van der Waals surface area (Å²) in [5.41, 5.74) is 7.92. The van der Waals surface area contributed by atoms with Crippen LogP contribution in [0.3, 0.4) is 0 Å². The molecule has 3 heterocycles. The Morgan fingerprint density at radius 2 is 2.07 bits per heavy atom. The highest BCUT2D eigenvalue weighted by molar-refractivity contribution is 5.94. The summed E-state index contributed by atoms with van der Waals surface area (Å²) in [5, 5.41) is 3.34. The van der Waals surface area contributed by atoms with Crippen molar-refractivity contribution in [3.8, 4) is 0 Å². The normalized spacial score (nSPS) is 20.6. The van der Waals surface area contributed by atoms with Gasteiger partial charge in [-0.3, -0.25) is 4.79 Å². The second-order valence-electron chi connectivity index (χ2n) is 7.27. The van der Waals surface area contributed by atoms with Gasteiger partial charge in [0.2, 0.25) is 11.9 Å². The lowest BCUT2D eigenvalue weighted by molar-refractivity contribution is -0.119. The number of piperidine rings is 2. The molecule has 2 aromatic rings. The molecule has 1 aromatic carbocycles. The van der Waals surface area contributed by atoms with E-state index in [1.165, 1.54) is 0 Å². The fourth-order valence-corrected chi connectivity index (χ4v) is 3.74. The van der Waals surface area contributed by atoms with Crippen molar-refractivity contribution in [3.63, 3.8) is 0 Å². The van der Waals surface area contributed by atoms with Crippen molar-refractivity contribution in [2.75, 3.05) is 34.8 Å². The lowest BCUT2D eigenvalue weighted by atomic mass is 10.1. The monoisotopic (exact) mass is 366 g/mol. The van der Waals surface area contributed by atoms with Gasteiger partial charge in [-0.2, -0.15) is 4.98 Å². The number of rotatable bonds is 4. The van der Waals surface area contributed by atoms with E-state index in [4.69, 9.17) is 5.73 Å². The van der Waals surface area contributed by atoms with Crippen LogP contribution in [-0.4, -0.2) is 41.6 Å². The lowest BCUT2D eigenvalue weighted by Gasteiger charge is -2.30. The van der Waals surface area contributed by atoms with Gasteiger partial charge in [-0.15, -0.1) is 0 Å². The lowest BCUT2D eigenvalue weighted by Crippen LogP contribution is -2.43. The minimum atomic E-state index is 0.178.